The second-order valence-electron chi connectivity index (χ2n) is 3.72. The van der Waals surface area contributed by atoms with Crippen LogP contribution < -0.4 is 10.6 Å². The van der Waals surface area contributed by atoms with Crippen molar-refractivity contribution in [2.75, 3.05) is 26.7 Å². The summed E-state index contributed by atoms with van der Waals surface area (Å²) in [6.07, 6.45) is 6.76. The maximum atomic E-state index is 3.85. The predicted molar refractivity (Wildman–Crippen MR) is 53.1 cm³/mol. The van der Waals surface area contributed by atoms with Gasteiger partial charge in [-0.05, 0) is 25.7 Å². The van der Waals surface area contributed by atoms with Crippen LogP contribution in [0.5, 0.6) is 0 Å². The van der Waals surface area contributed by atoms with Gasteiger partial charge in [0.25, 0.3) is 0 Å². The topological polar surface area (TPSA) is 32.1 Å². The Hall–Kier alpha value is -0.0800. The maximum absolute atomic E-state index is 3.85. The molecule has 1 atom stereocenters. The number of hydrogen-bond donors (Lipinski definition) is 2. The van der Waals surface area contributed by atoms with Crippen LogP contribution in [-0.2, 0) is 0 Å². The van der Waals surface area contributed by atoms with E-state index in [1.165, 1.54) is 45.2 Å². The van der Waals surface area contributed by atoms with E-state index in [4.69, 9.17) is 0 Å². The van der Waals surface area contributed by atoms with Gasteiger partial charge in [0.05, 0.1) is 26.7 Å². The Labute approximate surface area is 77.1 Å². The van der Waals surface area contributed by atoms with Crippen LogP contribution in [0.15, 0.2) is 0 Å². The van der Waals surface area contributed by atoms with Gasteiger partial charge in [0.15, 0.2) is 0 Å². The molecule has 0 aromatic heterocycles. The van der Waals surface area contributed by atoms with Crippen molar-refractivity contribution in [3.05, 3.63) is 0 Å². The first-order chi connectivity index (χ1) is 5.81. The van der Waals surface area contributed by atoms with Gasteiger partial charge < -0.3 is 10.6 Å². The van der Waals surface area contributed by atoms with E-state index in [2.05, 4.69) is 19.7 Å². The molecule has 12 heavy (non-hydrogen) atoms. The average Bonchev–Trinajstić information content (AvgIpc) is 2.09. The molecule has 2 heteroatoms. The first-order valence-corrected chi connectivity index (χ1v) is 5.41. The maximum Gasteiger partial charge on any atom is 0.0768 e. The van der Waals surface area contributed by atoms with Crippen LogP contribution in [0.3, 0.4) is 0 Å². The summed E-state index contributed by atoms with van der Waals surface area (Å²) in [5.41, 5.74) is 3.85. The standard InChI is InChI=1S/C10H24N2/c1-3-4-9-12(2)10-7-5-6-8-11/h3-11H2,1-2H3/p+2. The minimum atomic E-state index is 1.11. The molecule has 0 amide bonds. The van der Waals surface area contributed by atoms with Crippen molar-refractivity contribution in [2.24, 2.45) is 0 Å². The summed E-state index contributed by atoms with van der Waals surface area (Å²) in [6.45, 7) is 6.06. The monoisotopic (exact) mass is 174 g/mol. The molecule has 0 saturated carbocycles. The molecule has 0 radical (unpaired) electrons. The molecule has 1 unspecified atom stereocenters. The third-order valence-corrected chi connectivity index (χ3v) is 2.31. The zero-order valence-corrected chi connectivity index (χ0v) is 8.86. The summed E-state index contributed by atoms with van der Waals surface area (Å²) < 4.78 is 0. The number of unbranched alkanes of at least 4 members (excludes halogenated alkanes) is 3. The van der Waals surface area contributed by atoms with E-state index in [0.717, 1.165) is 6.54 Å². The SMILES string of the molecule is CCCC[NH+](C)CCCCC[NH3+]. The van der Waals surface area contributed by atoms with Crippen LogP contribution in [0.25, 0.3) is 0 Å². The van der Waals surface area contributed by atoms with E-state index in [1.54, 1.807) is 4.90 Å². The molecule has 0 rings (SSSR count). The molecule has 4 N–H and O–H groups in total. The lowest BCUT2D eigenvalue weighted by Gasteiger charge is -2.12. The molecule has 0 heterocycles. The number of nitrogens with one attached hydrogen (secondary N) is 1. The van der Waals surface area contributed by atoms with Crippen molar-refractivity contribution in [2.45, 2.75) is 39.0 Å². The van der Waals surface area contributed by atoms with Crippen LogP contribution in [0.4, 0.5) is 0 Å². The number of hydrogen-bond acceptors (Lipinski definition) is 0. The number of quaternary nitrogens is 2. The Bertz CT molecular complexity index is 83.9. The van der Waals surface area contributed by atoms with Gasteiger partial charge in [0.1, 0.15) is 0 Å². The molecule has 0 bridgehead atoms. The van der Waals surface area contributed by atoms with Crippen LogP contribution in [0.2, 0.25) is 0 Å². The summed E-state index contributed by atoms with van der Waals surface area (Å²) in [7, 11) is 2.31. The van der Waals surface area contributed by atoms with Crippen molar-refractivity contribution in [1.29, 1.82) is 0 Å². The lowest BCUT2D eigenvalue weighted by molar-refractivity contribution is -0.880. The first kappa shape index (κ1) is 11.9. The summed E-state index contributed by atoms with van der Waals surface area (Å²) in [5, 5.41) is 0. The molecule has 0 spiro atoms. The van der Waals surface area contributed by atoms with Gasteiger partial charge in [-0.25, -0.2) is 0 Å². The largest absolute Gasteiger partial charge is 0.358 e. The molecule has 2 nitrogen and oxygen atoms in total. The van der Waals surface area contributed by atoms with Crippen LogP contribution in [0.1, 0.15) is 39.0 Å². The van der Waals surface area contributed by atoms with Gasteiger partial charge in [-0.15, -0.1) is 0 Å². The summed E-state index contributed by atoms with van der Waals surface area (Å²) in [6, 6.07) is 0. The summed E-state index contributed by atoms with van der Waals surface area (Å²) >= 11 is 0. The predicted octanol–water partition coefficient (Wildman–Crippen LogP) is -0.287. The van der Waals surface area contributed by atoms with Gasteiger partial charge in [-0.3, -0.25) is 0 Å². The Kier molecular flexibility index (Phi) is 8.95. The molecule has 0 fully saturated rings. The van der Waals surface area contributed by atoms with Crippen LogP contribution in [-0.4, -0.2) is 26.7 Å². The fraction of sp³-hybridized carbons (Fsp3) is 1.00. The van der Waals surface area contributed by atoms with E-state index < -0.39 is 0 Å². The second kappa shape index (κ2) is 9.01. The summed E-state index contributed by atoms with van der Waals surface area (Å²) in [5.74, 6) is 0. The smallest absolute Gasteiger partial charge is 0.0768 e. The van der Waals surface area contributed by atoms with E-state index in [1.807, 2.05) is 0 Å². The van der Waals surface area contributed by atoms with Gasteiger partial charge >= 0.3 is 0 Å². The molecule has 0 aliphatic rings. The third-order valence-electron chi connectivity index (χ3n) is 2.31. The summed E-state index contributed by atoms with van der Waals surface area (Å²) in [4.78, 5) is 1.70. The van der Waals surface area contributed by atoms with Crippen molar-refractivity contribution in [3.8, 4) is 0 Å². The molecular weight excluding hydrogens is 148 g/mol. The first-order valence-electron chi connectivity index (χ1n) is 5.41. The third kappa shape index (κ3) is 8.02. The van der Waals surface area contributed by atoms with Crippen LogP contribution >= 0.6 is 0 Å². The molecule has 0 aliphatic carbocycles. The molecular formula is C10H26N2+2. The highest BCUT2D eigenvalue weighted by Crippen LogP contribution is 1.88. The normalized spacial score (nSPS) is 13.2. The molecule has 0 aromatic rings. The Morgan fingerprint density at radius 3 is 2.25 bits per heavy atom. The fourth-order valence-corrected chi connectivity index (χ4v) is 1.38. The molecule has 0 aromatic carbocycles. The lowest BCUT2D eigenvalue weighted by Crippen LogP contribution is -3.09. The van der Waals surface area contributed by atoms with Gasteiger partial charge in [-0.2, -0.15) is 0 Å². The van der Waals surface area contributed by atoms with Crippen molar-refractivity contribution in [3.63, 3.8) is 0 Å². The van der Waals surface area contributed by atoms with E-state index >= 15 is 0 Å². The molecule has 0 saturated heterocycles. The van der Waals surface area contributed by atoms with Crippen molar-refractivity contribution in [1.82, 2.24) is 0 Å². The second-order valence-corrected chi connectivity index (χ2v) is 3.72. The van der Waals surface area contributed by atoms with Crippen LogP contribution in [0, 0.1) is 0 Å². The fourth-order valence-electron chi connectivity index (χ4n) is 1.38. The number of rotatable bonds is 8. The lowest BCUT2D eigenvalue weighted by atomic mass is 10.2. The van der Waals surface area contributed by atoms with Crippen molar-refractivity contribution >= 4 is 0 Å². The van der Waals surface area contributed by atoms with E-state index in [9.17, 15) is 0 Å². The molecule has 0 aliphatic heterocycles. The Balaban J connectivity index is 3.02. The minimum absolute atomic E-state index is 1.11. The molecule has 74 valence electrons. The highest BCUT2D eigenvalue weighted by atomic mass is 15.1. The zero-order chi connectivity index (χ0) is 9.23. The Morgan fingerprint density at radius 1 is 1.00 bits per heavy atom. The van der Waals surface area contributed by atoms with E-state index in [0.29, 0.717) is 0 Å². The minimum Gasteiger partial charge on any atom is -0.358 e. The van der Waals surface area contributed by atoms with E-state index in [-0.39, 0.29) is 0 Å². The average molecular weight is 174 g/mol. The van der Waals surface area contributed by atoms with Gasteiger partial charge in [-0.1, -0.05) is 13.3 Å². The van der Waals surface area contributed by atoms with Gasteiger partial charge in [0.2, 0.25) is 0 Å². The highest BCUT2D eigenvalue weighted by Gasteiger charge is 1.99. The highest BCUT2D eigenvalue weighted by molar-refractivity contribution is 4.37. The zero-order valence-electron chi connectivity index (χ0n) is 8.86. The Morgan fingerprint density at radius 2 is 1.67 bits per heavy atom. The quantitative estimate of drug-likeness (QED) is 0.474. The van der Waals surface area contributed by atoms with Gasteiger partial charge in [0, 0.05) is 0 Å². The van der Waals surface area contributed by atoms with Crippen molar-refractivity contribution < 1.29 is 10.6 Å².